The van der Waals surface area contributed by atoms with Crippen molar-refractivity contribution in [1.29, 1.82) is 0 Å². The molecule has 4 nitrogen and oxygen atoms in total. The van der Waals surface area contributed by atoms with Crippen molar-refractivity contribution in [2.45, 2.75) is 38.6 Å². The predicted octanol–water partition coefficient (Wildman–Crippen LogP) is 3.43. The largest absolute Gasteiger partial charge is 0.313 e. The van der Waals surface area contributed by atoms with Gasteiger partial charge in [-0.3, -0.25) is 0 Å². The summed E-state index contributed by atoms with van der Waals surface area (Å²) in [5.74, 6) is 0.423. The summed E-state index contributed by atoms with van der Waals surface area (Å²) in [7, 11) is -3.65. The molecule has 0 spiro atoms. The fraction of sp³-hybridized carbons (Fsp3) is 0.571. The van der Waals surface area contributed by atoms with Crippen LogP contribution in [0.5, 0.6) is 0 Å². The van der Waals surface area contributed by atoms with E-state index in [0.29, 0.717) is 29.6 Å². The Labute approximate surface area is 137 Å². The Morgan fingerprint density at radius 2 is 1.90 bits per heavy atom. The third kappa shape index (κ3) is 5.75. The Kier molecular flexibility index (Phi) is 7.44. The molecule has 0 amide bonds. The highest BCUT2D eigenvalue weighted by Crippen LogP contribution is 2.29. The lowest BCUT2D eigenvalue weighted by Gasteiger charge is -2.13. The zero-order chi connectivity index (χ0) is 16.0. The second-order valence-corrected chi connectivity index (χ2v) is 7.79. The second kappa shape index (κ2) is 8.34. The normalized spacial score (nSPS) is 12.1. The first-order valence-electron chi connectivity index (χ1n) is 6.96. The van der Waals surface area contributed by atoms with E-state index in [9.17, 15) is 8.42 Å². The molecule has 0 aliphatic heterocycles. The smallest absolute Gasteiger partial charge is 0.242 e. The van der Waals surface area contributed by atoms with E-state index >= 15 is 0 Å². The van der Waals surface area contributed by atoms with Gasteiger partial charge in [-0.25, -0.2) is 13.1 Å². The van der Waals surface area contributed by atoms with Crippen LogP contribution in [0.1, 0.15) is 32.8 Å². The maximum absolute atomic E-state index is 12.3. The lowest BCUT2D eigenvalue weighted by Crippen LogP contribution is -2.26. The van der Waals surface area contributed by atoms with Gasteiger partial charge in [-0.05, 0) is 36.6 Å². The molecule has 0 heterocycles. The van der Waals surface area contributed by atoms with E-state index in [1.165, 1.54) is 6.07 Å². The van der Waals surface area contributed by atoms with Crippen molar-refractivity contribution >= 4 is 33.2 Å². The standard InChI is InChI=1S/C14H22Cl2N2O2S/c1-4-17-9-11-7-12(15)8-13(14(11)16)21(19,20)18-6-5-10(2)3/h7-8,10,17-18H,4-6,9H2,1-3H3. The third-order valence-electron chi connectivity index (χ3n) is 2.95. The molecular weight excluding hydrogens is 331 g/mol. The molecule has 0 radical (unpaired) electrons. The molecule has 2 N–H and O–H groups in total. The summed E-state index contributed by atoms with van der Waals surface area (Å²) in [5.41, 5.74) is 0.676. The van der Waals surface area contributed by atoms with Gasteiger partial charge in [-0.1, -0.05) is 44.0 Å². The van der Waals surface area contributed by atoms with Gasteiger partial charge in [0.15, 0.2) is 0 Å². The fourth-order valence-electron chi connectivity index (χ4n) is 1.76. The van der Waals surface area contributed by atoms with Crippen molar-refractivity contribution in [3.8, 4) is 0 Å². The van der Waals surface area contributed by atoms with Crippen LogP contribution in [0.2, 0.25) is 10.0 Å². The molecule has 0 saturated carbocycles. The Balaban J connectivity index is 3.02. The molecule has 0 unspecified atom stereocenters. The van der Waals surface area contributed by atoms with E-state index in [4.69, 9.17) is 23.2 Å². The minimum atomic E-state index is -3.65. The van der Waals surface area contributed by atoms with Gasteiger partial charge >= 0.3 is 0 Å². The van der Waals surface area contributed by atoms with Crippen LogP contribution < -0.4 is 10.0 Å². The molecular formula is C14H22Cl2N2O2S. The van der Waals surface area contributed by atoms with Crippen LogP contribution in [0.3, 0.4) is 0 Å². The Morgan fingerprint density at radius 1 is 1.24 bits per heavy atom. The summed E-state index contributed by atoms with van der Waals surface area (Å²) in [5, 5.41) is 3.69. The Bertz CT molecular complexity index is 575. The lowest BCUT2D eigenvalue weighted by molar-refractivity contribution is 0.551. The fourth-order valence-corrected chi connectivity index (χ4v) is 3.74. The first-order chi connectivity index (χ1) is 9.77. The van der Waals surface area contributed by atoms with Crippen molar-refractivity contribution in [3.63, 3.8) is 0 Å². The number of nitrogens with one attached hydrogen (secondary N) is 2. The Morgan fingerprint density at radius 3 is 2.48 bits per heavy atom. The zero-order valence-electron chi connectivity index (χ0n) is 12.5. The molecule has 0 atom stereocenters. The molecule has 0 aromatic heterocycles. The van der Waals surface area contributed by atoms with Crippen LogP contribution in [-0.2, 0) is 16.6 Å². The molecule has 0 fully saturated rings. The monoisotopic (exact) mass is 352 g/mol. The van der Waals surface area contributed by atoms with Crippen molar-refractivity contribution in [3.05, 3.63) is 27.7 Å². The third-order valence-corrected chi connectivity index (χ3v) is 5.21. The van der Waals surface area contributed by atoms with Gasteiger partial charge in [0.25, 0.3) is 0 Å². The number of sulfonamides is 1. The van der Waals surface area contributed by atoms with Gasteiger partial charge < -0.3 is 5.32 Å². The lowest BCUT2D eigenvalue weighted by atomic mass is 10.1. The van der Waals surface area contributed by atoms with Crippen LogP contribution in [-0.4, -0.2) is 21.5 Å². The van der Waals surface area contributed by atoms with Crippen molar-refractivity contribution in [1.82, 2.24) is 10.0 Å². The highest BCUT2D eigenvalue weighted by Gasteiger charge is 2.20. The minimum absolute atomic E-state index is 0.0355. The van der Waals surface area contributed by atoms with Crippen LogP contribution >= 0.6 is 23.2 Å². The minimum Gasteiger partial charge on any atom is -0.313 e. The van der Waals surface area contributed by atoms with Crippen LogP contribution in [0.4, 0.5) is 0 Å². The van der Waals surface area contributed by atoms with Gasteiger partial charge in [0, 0.05) is 18.1 Å². The van der Waals surface area contributed by atoms with E-state index in [2.05, 4.69) is 10.0 Å². The maximum atomic E-state index is 12.3. The second-order valence-electron chi connectivity index (χ2n) is 5.24. The van der Waals surface area contributed by atoms with Crippen LogP contribution in [0.15, 0.2) is 17.0 Å². The summed E-state index contributed by atoms with van der Waals surface area (Å²) in [6.45, 7) is 7.65. The molecule has 21 heavy (non-hydrogen) atoms. The van der Waals surface area contributed by atoms with Crippen molar-refractivity contribution < 1.29 is 8.42 Å². The molecule has 7 heteroatoms. The van der Waals surface area contributed by atoms with Gasteiger partial charge in [-0.15, -0.1) is 0 Å². The van der Waals surface area contributed by atoms with E-state index in [1.54, 1.807) is 6.07 Å². The molecule has 0 aliphatic carbocycles. The van der Waals surface area contributed by atoms with Crippen LogP contribution in [0, 0.1) is 5.92 Å². The molecule has 0 bridgehead atoms. The summed E-state index contributed by atoms with van der Waals surface area (Å²) in [6, 6.07) is 3.07. The van der Waals surface area contributed by atoms with Crippen molar-refractivity contribution in [2.75, 3.05) is 13.1 Å². The molecule has 1 aromatic carbocycles. The highest BCUT2D eigenvalue weighted by molar-refractivity contribution is 7.89. The SMILES string of the molecule is CCNCc1cc(Cl)cc(S(=O)(=O)NCCC(C)C)c1Cl. The first kappa shape index (κ1) is 18.7. The highest BCUT2D eigenvalue weighted by atomic mass is 35.5. The van der Waals surface area contributed by atoms with E-state index in [-0.39, 0.29) is 9.92 Å². The number of hydrogen-bond donors (Lipinski definition) is 2. The maximum Gasteiger partial charge on any atom is 0.242 e. The summed E-state index contributed by atoms with van der Waals surface area (Å²) in [4.78, 5) is 0.0355. The predicted molar refractivity (Wildman–Crippen MR) is 88.5 cm³/mol. The molecule has 1 aromatic rings. The number of benzene rings is 1. The first-order valence-corrected chi connectivity index (χ1v) is 9.20. The van der Waals surface area contributed by atoms with Crippen molar-refractivity contribution in [2.24, 2.45) is 5.92 Å². The average molecular weight is 353 g/mol. The average Bonchev–Trinajstić information content (AvgIpc) is 2.38. The number of rotatable bonds is 8. The summed E-state index contributed by atoms with van der Waals surface area (Å²) in [6.07, 6.45) is 0.766. The van der Waals surface area contributed by atoms with Gasteiger partial charge in [0.05, 0.1) is 5.02 Å². The summed E-state index contributed by atoms with van der Waals surface area (Å²) < 4.78 is 27.2. The molecule has 120 valence electrons. The van der Waals surface area contributed by atoms with E-state index in [1.807, 2.05) is 20.8 Å². The topological polar surface area (TPSA) is 58.2 Å². The number of halogens is 2. The summed E-state index contributed by atoms with van der Waals surface area (Å²) >= 11 is 12.2. The molecule has 1 rings (SSSR count). The molecule has 0 saturated heterocycles. The van der Waals surface area contributed by atoms with Gasteiger partial charge in [0.2, 0.25) is 10.0 Å². The van der Waals surface area contributed by atoms with Gasteiger partial charge in [-0.2, -0.15) is 0 Å². The van der Waals surface area contributed by atoms with Gasteiger partial charge in [0.1, 0.15) is 4.90 Å². The van der Waals surface area contributed by atoms with E-state index in [0.717, 1.165) is 13.0 Å². The quantitative estimate of drug-likeness (QED) is 0.753. The number of hydrogen-bond acceptors (Lipinski definition) is 3. The zero-order valence-corrected chi connectivity index (χ0v) is 14.9. The van der Waals surface area contributed by atoms with Crippen LogP contribution in [0.25, 0.3) is 0 Å². The molecule has 0 aliphatic rings. The Hall–Kier alpha value is -0.330. The van der Waals surface area contributed by atoms with E-state index < -0.39 is 10.0 Å².